The maximum absolute atomic E-state index is 12.5. The Morgan fingerprint density at radius 3 is 2.48 bits per heavy atom. The van der Waals surface area contributed by atoms with Crippen LogP contribution in [0.3, 0.4) is 0 Å². The van der Waals surface area contributed by atoms with E-state index in [2.05, 4.69) is 12.1 Å². The van der Waals surface area contributed by atoms with Crippen molar-refractivity contribution in [3.8, 4) is 5.75 Å². The molecule has 0 N–H and O–H groups in total. The Hall–Kier alpha value is -1.62. The second-order valence-corrected chi connectivity index (χ2v) is 11.6. The van der Waals surface area contributed by atoms with Gasteiger partial charge in [0.05, 0.1) is 29.9 Å². The molecule has 0 radical (unpaired) electrons. The van der Waals surface area contributed by atoms with Gasteiger partial charge in [0.25, 0.3) is 0 Å². The van der Waals surface area contributed by atoms with Crippen LogP contribution in [-0.2, 0) is 9.84 Å². The number of nitrogens with zero attached hydrogens (tertiary/aromatic N) is 1. The van der Waals surface area contributed by atoms with Crippen molar-refractivity contribution in [2.75, 3.05) is 19.4 Å². The minimum absolute atomic E-state index is 0.297. The fourth-order valence-corrected chi connectivity index (χ4v) is 5.36. The van der Waals surface area contributed by atoms with Crippen LogP contribution in [0, 0.1) is 11.8 Å². The van der Waals surface area contributed by atoms with Crippen molar-refractivity contribution in [1.82, 2.24) is 0 Å². The van der Waals surface area contributed by atoms with Crippen molar-refractivity contribution >= 4 is 15.5 Å². The largest absolute Gasteiger partial charge is 0.497 e. The van der Waals surface area contributed by atoms with E-state index in [-0.39, 0.29) is 0 Å². The number of benzene rings is 1. The van der Waals surface area contributed by atoms with Crippen LogP contribution in [0.15, 0.2) is 40.9 Å². The first-order valence-corrected chi connectivity index (χ1v) is 11.5. The first-order valence-electron chi connectivity index (χ1n) is 9.81. The molecule has 1 fully saturated rings. The molecular weight excluding hydrogens is 358 g/mol. The fraction of sp³-hybridized carbons (Fsp3) is 0.591. The Balaban J connectivity index is 1.59. The van der Waals surface area contributed by atoms with E-state index in [1.165, 1.54) is 5.57 Å². The summed E-state index contributed by atoms with van der Waals surface area (Å²) >= 11 is 0. The predicted octanol–water partition coefficient (Wildman–Crippen LogP) is 4.44. The van der Waals surface area contributed by atoms with E-state index in [9.17, 15) is 8.42 Å². The Kier molecular flexibility index (Phi) is 5.80. The number of rotatable bonds is 5. The molecule has 0 atom stereocenters. The highest BCUT2D eigenvalue weighted by Gasteiger charge is 2.34. The molecule has 1 aromatic carbocycles. The van der Waals surface area contributed by atoms with E-state index in [1.807, 2.05) is 18.2 Å². The van der Waals surface area contributed by atoms with Gasteiger partial charge in [0, 0.05) is 5.56 Å². The number of methoxy groups -OCH3 is 1. The molecule has 0 unspecified atom stereocenters. The summed E-state index contributed by atoms with van der Waals surface area (Å²) in [7, 11) is -1.36. The van der Waals surface area contributed by atoms with Crippen molar-refractivity contribution in [2.45, 2.75) is 51.2 Å². The summed E-state index contributed by atoms with van der Waals surface area (Å²) < 4.78 is 29.6. The molecule has 0 aromatic heterocycles. The Morgan fingerprint density at radius 2 is 1.85 bits per heavy atom. The Bertz CT molecular complexity index is 839. The van der Waals surface area contributed by atoms with E-state index in [0.717, 1.165) is 49.3 Å². The zero-order chi connectivity index (χ0) is 19.7. The van der Waals surface area contributed by atoms with E-state index >= 15 is 0 Å². The lowest BCUT2D eigenvalue weighted by Gasteiger charge is -2.31. The molecule has 27 heavy (non-hydrogen) atoms. The van der Waals surface area contributed by atoms with Crippen molar-refractivity contribution in [3.05, 3.63) is 41.5 Å². The van der Waals surface area contributed by atoms with Crippen LogP contribution in [0.1, 0.15) is 52.0 Å². The highest BCUT2D eigenvalue weighted by molar-refractivity contribution is 7.92. The second kappa shape index (κ2) is 7.78. The van der Waals surface area contributed by atoms with Crippen LogP contribution in [0.4, 0.5) is 0 Å². The summed E-state index contributed by atoms with van der Waals surface area (Å²) in [5.74, 6) is 2.00. The van der Waals surface area contributed by atoms with Crippen molar-refractivity contribution in [2.24, 2.45) is 16.8 Å². The van der Waals surface area contributed by atoms with Crippen LogP contribution in [0.25, 0.3) is 0 Å². The molecular formula is C22H31NO3S. The van der Waals surface area contributed by atoms with Gasteiger partial charge in [0.15, 0.2) is 9.84 Å². The number of hydrogen-bond acceptors (Lipinski definition) is 4. The summed E-state index contributed by atoms with van der Waals surface area (Å²) in [5.41, 5.74) is 3.51. The standard InChI is InChI=1S/C22H31NO3S/c1-22(2,3)27(24,25)15-16-8-10-17(11-9-16)19-13-21(23-14-19)18-6-5-7-20(12-18)26-4/h5-7,12-13,16-17H,8-11,14-15H2,1-4H3. The van der Waals surface area contributed by atoms with Gasteiger partial charge in [-0.05, 0) is 82.1 Å². The zero-order valence-electron chi connectivity index (χ0n) is 16.9. The topological polar surface area (TPSA) is 55.7 Å². The third-order valence-electron chi connectivity index (χ3n) is 5.88. The lowest BCUT2D eigenvalue weighted by molar-refractivity contribution is 0.319. The molecule has 0 saturated heterocycles. The molecule has 0 amide bonds. The normalized spacial score (nSPS) is 23.7. The summed E-state index contributed by atoms with van der Waals surface area (Å²) in [6.07, 6.45) is 6.34. The molecule has 148 valence electrons. The van der Waals surface area contributed by atoms with Crippen LogP contribution in [0.5, 0.6) is 5.75 Å². The maximum Gasteiger partial charge on any atom is 0.155 e. The molecule has 3 rings (SSSR count). The Morgan fingerprint density at radius 1 is 1.15 bits per heavy atom. The van der Waals surface area contributed by atoms with Gasteiger partial charge in [-0.1, -0.05) is 12.1 Å². The van der Waals surface area contributed by atoms with Gasteiger partial charge in [0.2, 0.25) is 0 Å². The summed E-state index contributed by atoms with van der Waals surface area (Å²) in [6.45, 7) is 6.17. The number of allylic oxidation sites excluding steroid dienone is 1. The third-order valence-corrected chi connectivity index (χ3v) is 8.66. The third kappa shape index (κ3) is 4.63. The molecule has 1 heterocycles. The first kappa shape index (κ1) is 20.1. The van der Waals surface area contributed by atoms with Crippen LogP contribution >= 0.6 is 0 Å². The van der Waals surface area contributed by atoms with Crippen LogP contribution in [0.2, 0.25) is 0 Å². The van der Waals surface area contributed by atoms with Gasteiger partial charge in [-0.15, -0.1) is 0 Å². The zero-order valence-corrected chi connectivity index (χ0v) is 17.7. The van der Waals surface area contributed by atoms with E-state index in [4.69, 9.17) is 9.73 Å². The fourth-order valence-electron chi connectivity index (χ4n) is 3.91. The summed E-state index contributed by atoms with van der Waals surface area (Å²) in [5, 5.41) is 0. The summed E-state index contributed by atoms with van der Waals surface area (Å²) in [4.78, 5) is 4.72. The first-order chi connectivity index (χ1) is 12.7. The van der Waals surface area contributed by atoms with E-state index in [1.54, 1.807) is 27.9 Å². The average Bonchev–Trinajstić information content (AvgIpc) is 3.11. The number of ether oxygens (including phenoxy) is 1. The molecule has 1 saturated carbocycles. The quantitative estimate of drug-likeness (QED) is 0.748. The molecule has 4 nitrogen and oxygen atoms in total. The van der Waals surface area contributed by atoms with Crippen molar-refractivity contribution in [1.29, 1.82) is 0 Å². The minimum atomic E-state index is -3.03. The van der Waals surface area contributed by atoms with Crippen molar-refractivity contribution in [3.63, 3.8) is 0 Å². The van der Waals surface area contributed by atoms with E-state index in [0.29, 0.717) is 17.6 Å². The SMILES string of the molecule is COc1cccc(C2=NCC(C3CCC(CS(=O)(=O)C(C)(C)C)CC3)=C2)c1. The number of sulfone groups is 1. The van der Waals surface area contributed by atoms with Gasteiger partial charge in [-0.3, -0.25) is 4.99 Å². The smallest absolute Gasteiger partial charge is 0.155 e. The van der Waals surface area contributed by atoms with Crippen molar-refractivity contribution < 1.29 is 13.2 Å². The predicted molar refractivity (Wildman–Crippen MR) is 111 cm³/mol. The molecule has 5 heteroatoms. The van der Waals surface area contributed by atoms with Gasteiger partial charge < -0.3 is 4.74 Å². The second-order valence-electron chi connectivity index (χ2n) is 8.76. The molecule has 0 spiro atoms. The van der Waals surface area contributed by atoms with Gasteiger partial charge in [0.1, 0.15) is 5.75 Å². The average molecular weight is 390 g/mol. The van der Waals surface area contributed by atoms with E-state index < -0.39 is 14.6 Å². The molecule has 2 aliphatic rings. The van der Waals surface area contributed by atoms with Crippen LogP contribution < -0.4 is 4.74 Å². The van der Waals surface area contributed by atoms with Gasteiger partial charge >= 0.3 is 0 Å². The minimum Gasteiger partial charge on any atom is -0.497 e. The molecule has 0 bridgehead atoms. The number of aliphatic imine (C=N–C) groups is 1. The Labute approximate surface area is 163 Å². The summed E-state index contributed by atoms with van der Waals surface area (Å²) in [6, 6.07) is 8.02. The molecule has 1 aliphatic heterocycles. The molecule has 1 aromatic rings. The van der Waals surface area contributed by atoms with Gasteiger partial charge in [-0.2, -0.15) is 0 Å². The van der Waals surface area contributed by atoms with Crippen LogP contribution in [-0.4, -0.2) is 38.3 Å². The highest BCUT2D eigenvalue weighted by Crippen LogP contribution is 2.36. The lowest BCUT2D eigenvalue weighted by Crippen LogP contribution is -2.34. The molecule has 1 aliphatic carbocycles. The lowest BCUT2D eigenvalue weighted by atomic mass is 9.79. The number of hydrogen-bond donors (Lipinski definition) is 0. The monoisotopic (exact) mass is 389 g/mol. The highest BCUT2D eigenvalue weighted by atomic mass is 32.2. The van der Waals surface area contributed by atoms with Gasteiger partial charge in [-0.25, -0.2) is 8.42 Å². The maximum atomic E-state index is 12.5.